The Morgan fingerprint density at radius 3 is 2.80 bits per heavy atom. The van der Waals surface area contributed by atoms with Crippen LogP contribution in [0.5, 0.6) is 11.5 Å². The Morgan fingerprint density at radius 1 is 1.28 bits per heavy atom. The van der Waals surface area contributed by atoms with E-state index in [1.165, 1.54) is 6.42 Å². The average Bonchev–Trinajstić information content (AvgIpc) is 3.20. The van der Waals surface area contributed by atoms with Gasteiger partial charge in [-0.25, -0.2) is 0 Å². The summed E-state index contributed by atoms with van der Waals surface area (Å²) in [7, 11) is 3.95. The van der Waals surface area contributed by atoms with Crippen LogP contribution in [0.1, 0.15) is 29.6 Å². The fourth-order valence-corrected chi connectivity index (χ4v) is 4.52. The van der Waals surface area contributed by atoms with Crippen molar-refractivity contribution >= 4 is 5.91 Å². The molecule has 3 aliphatic heterocycles. The van der Waals surface area contributed by atoms with Crippen LogP contribution in [0.3, 0.4) is 0 Å². The molecule has 1 amide bonds. The Kier molecular flexibility index (Phi) is 4.33. The monoisotopic (exact) mass is 346 g/mol. The molecule has 136 valence electrons. The van der Waals surface area contributed by atoms with E-state index < -0.39 is 0 Å². The zero-order chi connectivity index (χ0) is 17.4. The summed E-state index contributed by atoms with van der Waals surface area (Å²) < 4.78 is 16.1. The molecule has 25 heavy (non-hydrogen) atoms. The highest BCUT2D eigenvalue weighted by Crippen LogP contribution is 2.43. The molecule has 0 unspecified atom stereocenters. The molecule has 2 fully saturated rings. The van der Waals surface area contributed by atoms with Crippen LogP contribution in [0.4, 0.5) is 0 Å². The lowest BCUT2D eigenvalue weighted by Crippen LogP contribution is -2.44. The SMILES string of the molecule is COC[C@H]1CC2(CCN(C(=O)c3ccc4c(c3)OCO4)CC2)CN1C. The third-order valence-electron chi connectivity index (χ3n) is 5.97. The van der Waals surface area contributed by atoms with Crippen LogP contribution in [0.25, 0.3) is 0 Å². The summed E-state index contributed by atoms with van der Waals surface area (Å²) >= 11 is 0. The third kappa shape index (κ3) is 3.09. The van der Waals surface area contributed by atoms with E-state index in [1.54, 1.807) is 13.2 Å². The quantitative estimate of drug-likeness (QED) is 0.838. The molecular formula is C19H26N2O4. The van der Waals surface area contributed by atoms with Crippen molar-refractivity contribution in [1.82, 2.24) is 9.80 Å². The molecule has 2 saturated heterocycles. The van der Waals surface area contributed by atoms with Gasteiger partial charge in [-0.3, -0.25) is 4.79 Å². The number of methoxy groups -OCH3 is 1. The van der Waals surface area contributed by atoms with Crippen LogP contribution in [0, 0.1) is 5.41 Å². The molecule has 4 rings (SSSR count). The molecular weight excluding hydrogens is 320 g/mol. The average molecular weight is 346 g/mol. The number of likely N-dealkylation sites (N-methyl/N-ethyl adjacent to an activating group) is 1. The number of rotatable bonds is 3. The summed E-state index contributed by atoms with van der Waals surface area (Å²) in [5.74, 6) is 1.47. The molecule has 3 aliphatic rings. The van der Waals surface area contributed by atoms with Gasteiger partial charge in [0.2, 0.25) is 6.79 Å². The summed E-state index contributed by atoms with van der Waals surface area (Å²) in [6.07, 6.45) is 3.30. The fourth-order valence-electron chi connectivity index (χ4n) is 4.52. The largest absolute Gasteiger partial charge is 0.454 e. The molecule has 0 saturated carbocycles. The van der Waals surface area contributed by atoms with Gasteiger partial charge in [-0.2, -0.15) is 0 Å². The van der Waals surface area contributed by atoms with Crippen molar-refractivity contribution in [3.05, 3.63) is 23.8 Å². The Bertz CT molecular complexity index is 655. The Hall–Kier alpha value is -1.79. The predicted molar refractivity (Wildman–Crippen MR) is 93.0 cm³/mol. The van der Waals surface area contributed by atoms with Crippen molar-refractivity contribution in [2.24, 2.45) is 5.41 Å². The van der Waals surface area contributed by atoms with Crippen molar-refractivity contribution in [3.63, 3.8) is 0 Å². The first kappa shape index (κ1) is 16.7. The van der Waals surface area contributed by atoms with E-state index in [-0.39, 0.29) is 12.7 Å². The van der Waals surface area contributed by atoms with Crippen molar-refractivity contribution in [2.75, 3.05) is 47.2 Å². The van der Waals surface area contributed by atoms with Crippen molar-refractivity contribution < 1.29 is 19.0 Å². The van der Waals surface area contributed by atoms with E-state index in [2.05, 4.69) is 11.9 Å². The zero-order valence-electron chi connectivity index (χ0n) is 15.0. The first-order chi connectivity index (χ1) is 12.1. The minimum absolute atomic E-state index is 0.0907. The predicted octanol–water partition coefficient (Wildman–Crippen LogP) is 1.99. The minimum atomic E-state index is 0.0907. The fraction of sp³-hybridized carbons (Fsp3) is 0.632. The van der Waals surface area contributed by atoms with Gasteiger partial charge in [-0.05, 0) is 49.9 Å². The number of fused-ring (bicyclic) bond motifs is 1. The molecule has 0 N–H and O–H groups in total. The van der Waals surface area contributed by atoms with E-state index >= 15 is 0 Å². The summed E-state index contributed by atoms with van der Waals surface area (Å²) in [5, 5.41) is 0. The summed E-state index contributed by atoms with van der Waals surface area (Å²) in [4.78, 5) is 17.2. The smallest absolute Gasteiger partial charge is 0.253 e. The number of benzene rings is 1. The number of carbonyl (C=O) groups is 1. The van der Waals surface area contributed by atoms with E-state index in [4.69, 9.17) is 14.2 Å². The lowest BCUT2D eigenvalue weighted by molar-refractivity contribution is 0.0591. The van der Waals surface area contributed by atoms with Crippen molar-refractivity contribution in [3.8, 4) is 11.5 Å². The third-order valence-corrected chi connectivity index (χ3v) is 5.97. The lowest BCUT2D eigenvalue weighted by atomic mass is 9.76. The maximum atomic E-state index is 12.8. The number of hydrogen-bond acceptors (Lipinski definition) is 5. The van der Waals surface area contributed by atoms with Crippen LogP contribution in [-0.4, -0.2) is 68.9 Å². The van der Waals surface area contributed by atoms with Crippen LogP contribution in [0.15, 0.2) is 18.2 Å². The molecule has 0 aromatic heterocycles. The number of piperidine rings is 1. The molecule has 0 aliphatic carbocycles. The van der Waals surface area contributed by atoms with Gasteiger partial charge < -0.3 is 24.0 Å². The van der Waals surface area contributed by atoms with Gasteiger partial charge in [-0.15, -0.1) is 0 Å². The molecule has 1 spiro atoms. The summed E-state index contributed by atoms with van der Waals surface area (Å²) in [5.41, 5.74) is 1.02. The number of amides is 1. The van der Waals surface area contributed by atoms with E-state index in [0.717, 1.165) is 39.1 Å². The highest BCUT2D eigenvalue weighted by molar-refractivity contribution is 5.95. The molecule has 0 radical (unpaired) electrons. The Morgan fingerprint density at radius 2 is 2.04 bits per heavy atom. The van der Waals surface area contributed by atoms with Crippen LogP contribution < -0.4 is 9.47 Å². The molecule has 1 atom stereocenters. The second-order valence-corrected chi connectivity index (χ2v) is 7.59. The summed E-state index contributed by atoms with van der Waals surface area (Å²) in [6.45, 7) is 3.77. The van der Waals surface area contributed by atoms with Crippen molar-refractivity contribution in [1.29, 1.82) is 0 Å². The lowest BCUT2D eigenvalue weighted by Gasteiger charge is -2.39. The van der Waals surface area contributed by atoms with Gasteiger partial charge in [0.1, 0.15) is 0 Å². The van der Waals surface area contributed by atoms with Gasteiger partial charge in [0, 0.05) is 38.3 Å². The number of hydrogen-bond donors (Lipinski definition) is 0. The van der Waals surface area contributed by atoms with Crippen LogP contribution in [0.2, 0.25) is 0 Å². The minimum Gasteiger partial charge on any atom is -0.454 e. The maximum absolute atomic E-state index is 12.8. The zero-order valence-corrected chi connectivity index (χ0v) is 15.0. The number of nitrogens with zero attached hydrogens (tertiary/aromatic N) is 2. The first-order valence-corrected chi connectivity index (χ1v) is 8.98. The molecule has 1 aromatic carbocycles. The summed E-state index contributed by atoms with van der Waals surface area (Å²) in [6, 6.07) is 5.95. The highest BCUT2D eigenvalue weighted by atomic mass is 16.7. The van der Waals surface area contributed by atoms with Gasteiger partial charge in [-0.1, -0.05) is 0 Å². The van der Waals surface area contributed by atoms with Crippen LogP contribution in [-0.2, 0) is 4.74 Å². The Labute approximate surface area is 148 Å². The second kappa shape index (κ2) is 6.50. The van der Waals surface area contributed by atoms with E-state index in [1.807, 2.05) is 17.0 Å². The molecule has 6 nitrogen and oxygen atoms in total. The van der Waals surface area contributed by atoms with Gasteiger partial charge in [0.25, 0.3) is 5.91 Å². The van der Waals surface area contributed by atoms with Crippen molar-refractivity contribution in [2.45, 2.75) is 25.3 Å². The highest BCUT2D eigenvalue weighted by Gasteiger charge is 2.44. The number of carbonyl (C=O) groups excluding carboxylic acids is 1. The van der Waals surface area contributed by atoms with Gasteiger partial charge >= 0.3 is 0 Å². The number of ether oxygens (including phenoxy) is 3. The van der Waals surface area contributed by atoms with Gasteiger partial charge in [0.15, 0.2) is 11.5 Å². The molecule has 1 aromatic rings. The second-order valence-electron chi connectivity index (χ2n) is 7.59. The number of likely N-dealkylation sites (tertiary alicyclic amines) is 2. The van der Waals surface area contributed by atoms with Crippen LogP contribution >= 0.6 is 0 Å². The molecule has 0 bridgehead atoms. The maximum Gasteiger partial charge on any atom is 0.253 e. The standard InChI is InChI=1S/C19H26N2O4/c1-20-12-19(10-15(20)11-23-2)5-7-21(8-6-19)18(22)14-3-4-16-17(9-14)25-13-24-16/h3-4,9,15H,5-8,10-13H2,1-2H3/t15-/m1/s1. The molecule has 3 heterocycles. The van der Waals surface area contributed by atoms with Gasteiger partial charge in [0.05, 0.1) is 6.61 Å². The van der Waals surface area contributed by atoms with E-state index in [9.17, 15) is 4.79 Å². The topological polar surface area (TPSA) is 51.2 Å². The Balaban J connectivity index is 1.39. The normalized spacial score (nSPS) is 24.9. The first-order valence-electron chi connectivity index (χ1n) is 8.98. The van der Waals surface area contributed by atoms with E-state index in [0.29, 0.717) is 28.5 Å². The molecule has 6 heteroatoms.